The van der Waals surface area contributed by atoms with Gasteiger partial charge < -0.3 is 15.1 Å². The van der Waals surface area contributed by atoms with Crippen LogP contribution in [0.2, 0.25) is 0 Å². The van der Waals surface area contributed by atoms with Gasteiger partial charge in [0, 0.05) is 32.7 Å². The van der Waals surface area contributed by atoms with Gasteiger partial charge in [-0.05, 0) is 26.9 Å². The number of nitrogens with one attached hydrogen (secondary N) is 1. The van der Waals surface area contributed by atoms with Gasteiger partial charge in [0.2, 0.25) is 0 Å². The summed E-state index contributed by atoms with van der Waals surface area (Å²) in [5, 5.41) is 3.08. The topological polar surface area (TPSA) is 44.3 Å². The lowest BCUT2D eigenvalue weighted by Crippen LogP contribution is -2.29. The lowest BCUT2D eigenvalue weighted by Gasteiger charge is -2.22. The molecule has 0 bridgehead atoms. The Morgan fingerprint density at radius 3 is 2.76 bits per heavy atom. The molecular weight excluding hydrogens is 214 g/mol. The first-order valence-corrected chi connectivity index (χ1v) is 6.16. The zero-order chi connectivity index (χ0) is 12.3. The summed E-state index contributed by atoms with van der Waals surface area (Å²) in [7, 11) is 4.06. The third kappa shape index (κ3) is 3.06. The second-order valence-corrected chi connectivity index (χ2v) is 4.55. The minimum Gasteiger partial charge on any atom is -0.373 e. The van der Waals surface area contributed by atoms with Crippen LogP contribution in [0.1, 0.15) is 12.2 Å². The highest BCUT2D eigenvalue weighted by Gasteiger charge is 2.14. The fraction of sp³-hybridized carbons (Fsp3) is 0.667. The largest absolute Gasteiger partial charge is 0.373 e. The first kappa shape index (κ1) is 12.1. The molecule has 1 aromatic rings. The van der Waals surface area contributed by atoms with Crippen molar-refractivity contribution in [2.24, 2.45) is 0 Å². The van der Waals surface area contributed by atoms with Gasteiger partial charge in [0.1, 0.15) is 17.5 Å². The summed E-state index contributed by atoms with van der Waals surface area (Å²) in [4.78, 5) is 13.6. The summed E-state index contributed by atoms with van der Waals surface area (Å²) in [6.45, 7) is 6.31. The quantitative estimate of drug-likeness (QED) is 0.827. The predicted octanol–water partition coefficient (Wildman–Crippen LogP) is 0.969. The molecule has 1 N–H and O–H groups in total. The summed E-state index contributed by atoms with van der Waals surface area (Å²) >= 11 is 0. The fourth-order valence-corrected chi connectivity index (χ4v) is 2.12. The lowest BCUT2D eigenvalue weighted by molar-refractivity contribution is 0.360. The van der Waals surface area contributed by atoms with Gasteiger partial charge >= 0.3 is 0 Å². The van der Waals surface area contributed by atoms with Crippen LogP contribution >= 0.6 is 0 Å². The van der Waals surface area contributed by atoms with Crippen LogP contribution in [0.25, 0.3) is 0 Å². The lowest BCUT2D eigenvalue weighted by atomic mass is 10.3. The summed E-state index contributed by atoms with van der Waals surface area (Å²) in [6, 6.07) is 2.03. The van der Waals surface area contributed by atoms with Crippen molar-refractivity contribution in [2.75, 3.05) is 50.5 Å². The average molecular weight is 235 g/mol. The van der Waals surface area contributed by atoms with E-state index in [0.717, 1.165) is 37.1 Å². The van der Waals surface area contributed by atoms with E-state index in [1.165, 1.54) is 13.0 Å². The molecule has 5 heteroatoms. The van der Waals surface area contributed by atoms with E-state index >= 15 is 0 Å². The van der Waals surface area contributed by atoms with E-state index in [2.05, 4.69) is 32.1 Å². The molecule has 0 unspecified atom stereocenters. The Kier molecular flexibility index (Phi) is 3.78. The summed E-state index contributed by atoms with van der Waals surface area (Å²) < 4.78 is 0. The number of hydrogen-bond donors (Lipinski definition) is 1. The molecule has 1 fully saturated rings. The molecule has 0 atom stereocenters. The van der Waals surface area contributed by atoms with E-state index < -0.39 is 0 Å². The second kappa shape index (κ2) is 5.31. The number of nitrogens with zero attached hydrogens (tertiary/aromatic N) is 4. The van der Waals surface area contributed by atoms with Crippen molar-refractivity contribution in [3.05, 3.63) is 11.9 Å². The molecule has 0 aromatic carbocycles. The third-order valence-electron chi connectivity index (χ3n) is 3.12. The Morgan fingerprint density at radius 1 is 1.18 bits per heavy atom. The highest BCUT2D eigenvalue weighted by molar-refractivity contribution is 5.49. The maximum absolute atomic E-state index is 4.53. The normalized spacial score (nSPS) is 17.9. The molecule has 0 saturated carbocycles. The highest BCUT2D eigenvalue weighted by Crippen LogP contribution is 2.17. The molecule has 2 rings (SSSR count). The molecule has 1 aliphatic rings. The van der Waals surface area contributed by atoms with E-state index in [1.807, 2.05) is 20.0 Å². The van der Waals surface area contributed by atoms with Crippen molar-refractivity contribution in [3.63, 3.8) is 0 Å². The summed E-state index contributed by atoms with van der Waals surface area (Å²) in [6.07, 6.45) is 1.19. The van der Waals surface area contributed by atoms with Crippen LogP contribution < -0.4 is 10.2 Å². The summed E-state index contributed by atoms with van der Waals surface area (Å²) in [5.41, 5.74) is 0. The molecule has 1 aliphatic heterocycles. The third-order valence-corrected chi connectivity index (χ3v) is 3.12. The fourth-order valence-electron chi connectivity index (χ4n) is 2.12. The number of aryl methyl sites for hydroxylation is 1. The van der Waals surface area contributed by atoms with E-state index in [0.29, 0.717) is 0 Å². The van der Waals surface area contributed by atoms with Crippen molar-refractivity contribution in [3.8, 4) is 0 Å². The Morgan fingerprint density at radius 2 is 2.00 bits per heavy atom. The molecule has 94 valence electrons. The van der Waals surface area contributed by atoms with Gasteiger partial charge in [-0.1, -0.05) is 0 Å². The van der Waals surface area contributed by atoms with Crippen molar-refractivity contribution in [1.29, 1.82) is 0 Å². The van der Waals surface area contributed by atoms with E-state index in [9.17, 15) is 0 Å². The maximum Gasteiger partial charge on any atom is 0.134 e. The van der Waals surface area contributed by atoms with Gasteiger partial charge in [-0.25, -0.2) is 9.97 Å². The zero-order valence-electron chi connectivity index (χ0n) is 10.9. The number of hydrogen-bond acceptors (Lipinski definition) is 5. The van der Waals surface area contributed by atoms with Crippen molar-refractivity contribution >= 4 is 11.6 Å². The standard InChI is InChI=1S/C12H21N5/c1-10-14-11(13-2)9-12(15-10)17-6-4-5-16(3)7-8-17/h9H,4-8H2,1-3H3,(H,13,14,15). The highest BCUT2D eigenvalue weighted by atomic mass is 15.2. The Balaban J connectivity index is 2.17. The number of aromatic nitrogens is 2. The molecule has 2 heterocycles. The van der Waals surface area contributed by atoms with Gasteiger partial charge in [0.25, 0.3) is 0 Å². The van der Waals surface area contributed by atoms with E-state index in [4.69, 9.17) is 0 Å². The number of rotatable bonds is 2. The van der Waals surface area contributed by atoms with Gasteiger partial charge in [0.15, 0.2) is 0 Å². The SMILES string of the molecule is CNc1cc(N2CCCN(C)CC2)nc(C)n1. The minimum absolute atomic E-state index is 0.824. The summed E-state index contributed by atoms with van der Waals surface area (Å²) in [5.74, 6) is 2.76. The monoisotopic (exact) mass is 235 g/mol. The van der Waals surface area contributed by atoms with Crippen molar-refractivity contribution in [2.45, 2.75) is 13.3 Å². The number of anilines is 2. The van der Waals surface area contributed by atoms with Gasteiger partial charge in [-0.15, -0.1) is 0 Å². The van der Waals surface area contributed by atoms with Gasteiger partial charge in [0.05, 0.1) is 0 Å². The van der Waals surface area contributed by atoms with Crippen LogP contribution in [0, 0.1) is 6.92 Å². The van der Waals surface area contributed by atoms with Crippen LogP contribution in [-0.4, -0.2) is 55.1 Å². The predicted molar refractivity (Wildman–Crippen MR) is 70.6 cm³/mol. The molecular formula is C12H21N5. The minimum atomic E-state index is 0.824. The Hall–Kier alpha value is -1.36. The Bertz CT molecular complexity index is 379. The number of likely N-dealkylation sites (N-methyl/N-ethyl adjacent to an activating group) is 1. The molecule has 0 radical (unpaired) electrons. The van der Waals surface area contributed by atoms with Crippen molar-refractivity contribution < 1.29 is 0 Å². The molecule has 0 amide bonds. The first-order chi connectivity index (χ1) is 8.19. The van der Waals surface area contributed by atoms with Gasteiger partial charge in [-0.3, -0.25) is 0 Å². The van der Waals surface area contributed by atoms with Crippen LogP contribution in [0.4, 0.5) is 11.6 Å². The molecule has 1 aromatic heterocycles. The Labute approximate surface area is 103 Å². The second-order valence-electron chi connectivity index (χ2n) is 4.55. The van der Waals surface area contributed by atoms with Crippen LogP contribution in [0.5, 0.6) is 0 Å². The first-order valence-electron chi connectivity index (χ1n) is 6.16. The molecule has 0 aliphatic carbocycles. The molecule has 5 nitrogen and oxygen atoms in total. The van der Waals surface area contributed by atoms with Crippen LogP contribution in [0.3, 0.4) is 0 Å². The average Bonchev–Trinajstić information content (AvgIpc) is 2.53. The molecule has 1 saturated heterocycles. The maximum atomic E-state index is 4.53. The van der Waals surface area contributed by atoms with Crippen LogP contribution in [-0.2, 0) is 0 Å². The van der Waals surface area contributed by atoms with Crippen LogP contribution in [0.15, 0.2) is 6.07 Å². The van der Waals surface area contributed by atoms with Gasteiger partial charge in [-0.2, -0.15) is 0 Å². The zero-order valence-corrected chi connectivity index (χ0v) is 10.9. The van der Waals surface area contributed by atoms with Crippen molar-refractivity contribution in [1.82, 2.24) is 14.9 Å². The smallest absolute Gasteiger partial charge is 0.134 e. The molecule has 17 heavy (non-hydrogen) atoms. The van der Waals surface area contributed by atoms with E-state index in [1.54, 1.807) is 0 Å². The molecule has 0 spiro atoms. The van der Waals surface area contributed by atoms with E-state index in [-0.39, 0.29) is 0 Å².